The summed E-state index contributed by atoms with van der Waals surface area (Å²) in [5.74, 6) is 0.497. The molecule has 0 amide bonds. The number of sulfonamides is 1. The third kappa shape index (κ3) is 3.36. The minimum absolute atomic E-state index is 0.0353. The first-order valence-electron chi connectivity index (χ1n) is 5.78. The van der Waals surface area contributed by atoms with E-state index >= 15 is 0 Å². The number of benzene rings is 1. The van der Waals surface area contributed by atoms with Crippen LogP contribution in [0.1, 0.15) is 13.3 Å². The van der Waals surface area contributed by atoms with Gasteiger partial charge in [-0.05, 0) is 12.1 Å². The van der Waals surface area contributed by atoms with Gasteiger partial charge in [0, 0.05) is 25.6 Å². The fraction of sp³-hybridized carbons (Fsp3) is 0.417. The fourth-order valence-corrected chi connectivity index (χ4v) is 3.20. The van der Waals surface area contributed by atoms with Crippen LogP contribution in [0.3, 0.4) is 0 Å². The minimum atomic E-state index is -3.68. The van der Waals surface area contributed by atoms with Gasteiger partial charge in [-0.15, -0.1) is 0 Å². The van der Waals surface area contributed by atoms with Crippen molar-refractivity contribution in [2.45, 2.75) is 18.2 Å². The second-order valence-corrected chi connectivity index (χ2v) is 5.71. The van der Waals surface area contributed by atoms with Crippen molar-refractivity contribution in [3.63, 3.8) is 0 Å². The summed E-state index contributed by atoms with van der Waals surface area (Å²) in [6.07, 6.45) is 0.142. The van der Waals surface area contributed by atoms with Gasteiger partial charge >= 0.3 is 0 Å². The number of nitrogen functional groups attached to an aromatic ring is 1. The van der Waals surface area contributed by atoms with Gasteiger partial charge in [-0.2, -0.15) is 9.57 Å². The molecule has 1 rings (SSSR count). The van der Waals surface area contributed by atoms with Crippen LogP contribution in [-0.4, -0.2) is 32.9 Å². The Morgan fingerprint density at radius 2 is 2.16 bits per heavy atom. The van der Waals surface area contributed by atoms with Gasteiger partial charge in [0.25, 0.3) is 0 Å². The molecule has 0 aliphatic carbocycles. The second kappa shape index (κ2) is 6.41. The molecule has 0 aliphatic rings. The molecule has 0 fully saturated rings. The van der Waals surface area contributed by atoms with Crippen molar-refractivity contribution in [3.8, 4) is 11.8 Å². The number of ether oxygens (including phenoxy) is 1. The topological polar surface area (TPSA) is 96.4 Å². The first kappa shape index (κ1) is 15.3. The molecule has 0 spiro atoms. The predicted molar refractivity (Wildman–Crippen MR) is 72.1 cm³/mol. The molecule has 0 aliphatic heterocycles. The molecular formula is C12H17N3O3S. The van der Waals surface area contributed by atoms with Crippen molar-refractivity contribution in [2.24, 2.45) is 0 Å². The lowest BCUT2D eigenvalue weighted by atomic mass is 10.3. The molecule has 104 valence electrons. The van der Waals surface area contributed by atoms with E-state index < -0.39 is 10.0 Å². The summed E-state index contributed by atoms with van der Waals surface area (Å²) in [7, 11) is -2.20. The Morgan fingerprint density at radius 3 is 2.63 bits per heavy atom. The Kier molecular flexibility index (Phi) is 5.15. The van der Waals surface area contributed by atoms with Gasteiger partial charge in [0.2, 0.25) is 10.0 Å². The Labute approximate surface area is 113 Å². The third-order valence-corrected chi connectivity index (χ3v) is 4.71. The quantitative estimate of drug-likeness (QED) is 0.791. The lowest BCUT2D eigenvalue weighted by molar-refractivity contribution is 0.414. The largest absolute Gasteiger partial charge is 0.497 e. The molecule has 6 nitrogen and oxygen atoms in total. The summed E-state index contributed by atoms with van der Waals surface area (Å²) in [6.45, 7) is 2.16. The SMILES string of the molecule is CCN(CCC#N)S(=O)(=O)c1ccc(OC)cc1N. The van der Waals surface area contributed by atoms with Crippen LogP contribution in [0.5, 0.6) is 5.75 Å². The highest BCUT2D eigenvalue weighted by Gasteiger charge is 2.25. The maximum Gasteiger partial charge on any atom is 0.245 e. The molecule has 7 heteroatoms. The molecule has 0 bridgehead atoms. The highest BCUT2D eigenvalue weighted by Crippen LogP contribution is 2.26. The van der Waals surface area contributed by atoms with Gasteiger partial charge in [0.05, 0.1) is 18.9 Å². The molecule has 0 atom stereocenters. The van der Waals surface area contributed by atoms with E-state index in [1.807, 2.05) is 6.07 Å². The Balaban J connectivity index is 3.15. The maximum atomic E-state index is 12.4. The molecule has 19 heavy (non-hydrogen) atoms. The smallest absolute Gasteiger partial charge is 0.245 e. The van der Waals surface area contributed by atoms with Crippen LogP contribution in [0, 0.1) is 11.3 Å². The molecule has 1 aromatic rings. The average molecular weight is 283 g/mol. The monoisotopic (exact) mass is 283 g/mol. The van der Waals surface area contributed by atoms with Crippen LogP contribution in [0.15, 0.2) is 23.1 Å². The van der Waals surface area contributed by atoms with Crippen molar-refractivity contribution >= 4 is 15.7 Å². The zero-order valence-corrected chi connectivity index (χ0v) is 11.8. The number of nitrogens with two attached hydrogens (primary N) is 1. The van der Waals surface area contributed by atoms with Gasteiger partial charge in [0.15, 0.2) is 0 Å². The maximum absolute atomic E-state index is 12.4. The van der Waals surface area contributed by atoms with Crippen molar-refractivity contribution < 1.29 is 13.2 Å². The zero-order valence-electron chi connectivity index (χ0n) is 11.0. The van der Waals surface area contributed by atoms with Crippen LogP contribution in [0.25, 0.3) is 0 Å². The summed E-state index contributed by atoms with van der Waals surface area (Å²) in [4.78, 5) is 0.0353. The van der Waals surface area contributed by atoms with Crippen LogP contribution < -0.4 is 10.5 Å². The third-order valence-electron chi connectivity index (χ3n) is 2.66. The van der Waals surface area contributed by atoms with E-state index in [4.69, 9.17) is 15.7 Å². The van der Waals surface area contributed by atoms with Gasteiger partial charge in [-0.25, -0.2) is 8.42 Å². The number of rotatable bonds is 6. The predicted octanol–water partition coefficient (Wildman–Crippen LogP) is 1.20. The Hall–Kier alpha value is -1.78. The van der Waals surface area contributed by atoms with Crippen LogP contribution in [-0.2, 0) is 10.0 Å². The molecule has 2 N–H and O–H groups in total. The van der Waals surface area contributed by atoms with E-state index in [2.05, 4.69) is 0 Å². The van der Waals surface area contributed by atoms with E-state index in [1.54, 1.807) is 13.0 Å². The number of anilines is 1. The van der Waals surface area contributed by atoms with Gasteiger partial charge < -0.3 is 10.5 Å². The molecule has 0 saturated carbocycles. The fourth-order valence-electron chi connectivity index (χ4n) is 1.65. The van der Waals surface area contributed by atoms with Crippen LogP contribution in [0.4, 0.5) is 5.69 Å². The van der Waals surface area contributed by atoms with Gasteiger partial charge in [-0.3, -0.25) is 0 Å². The van der Waals surface area contributed by atoms with Crippen molar-refractivity contribution in [1.29, 1.82) is 5.26 Å². The molecule has 0 radical (unpaired) electrons. The molecule has 0 unspecified atom stereocenters. The van der Waals surface area contributed by atoms with Gasteiger partial charge in [0.1, 0.15) is 10.6 Å². The number of nitriles is 1. The first-order valence-corrected chi connectivity index (χ1v) is 7.22. The summed E-state index contributed by atoms with van der Waals surface area (Å²) < 4.78 is 31.0. The molecule has 0 aromatic heterocycles. The summed E-state index contributed by atoms with van der Waals surface area (Å²) >= 11 is 0. The molecular weight excluding hydrogens is 266 g/mol. The molecule has 0 saturated heterocycles. The highest BCUT2D eigenvalue weighted by atomic mass is 32.2. The Bertz CT molecular complexity index is 578. The summed E-state index contributed by atoms with van der Waals surface area (Å²) in [6, 6.07) is 6.35. The van der Waals surface area contributed by atoms with Crippen molar-refractivity contribution in [1.82, 2.24) is 4.31 Å². The summed E-state index contributed by atoms with van der Waals surface area (Å²) in [5.41, 5.74) is 5.89. The van der Waals surface area contributed by atoms with Crippen molar-refractivity contribution in [2.75, 3.05) is 25.9 Å². The van der Waals surface area contributed by atoms with E-state index in [0.717, 1.165) is 0 Å². The number of hydrogen-bond acceptors (Lipinski definition) is 5. The zero-order chi connectivity index (χ0) is 14.5. The lowest BCUT2D eigenvalue weighted by Crippen LogP contribution is -2.32. The molecule has 1 aromatic carbocycles. The van der Waals surface area contributed by atoms with E-state index in [-0.39, 0.29) is 30.1 Å². The van der Waals surface area contributed by atoms with E-state index in [1.165, 1.54) is 23.5 Å². The van der Waals surface area contributed by atoms with E-state index in [9.17, 15) is 8.42 Å². The highest BCUT2D eigenvalue weighted by molar-refractivity contribution is 7.89. The first-order chi connectivity index (χ1) is 8.97. The van der Waals surface area contributed by atoms with Crippen molar-refractivity contribution in [3.05, 3.63) is 18.2 Å². The van der Waals surface area contributed by atoms with Crippen LogP contribution >= 0.6 is 0 Å². The van der Waals surface area contributed by atoms with E-state index in [0.29, 0.717) is 5.75 Å². The summed E-state index contributed by atoms with van der Waals surface area (Å²) in [5, 5.41) is 8.56. The number of nitrogens with zero attached hydrogens (tertiary/aromatic N) is 2. The second-order valence-electron chi connectivity index (χ2n) is 3.81. The van der Waals surface area contributed by atoms with Gasteiger partial charge in [-0.1, -0.05) is 6.92 Å². The molecule has 0 heterocycles. The lowest BCUT2D eigenvalue weighted by Gasteiger charge is -2.20. The van der Waals surface area contributed by atoms with Crippen LogP contribution in [0.2, 0.25) is 0 Å². The Morgan fingerprint density at radius 1 is 1.47 bits per heavy atom. The number of methoxy groups -OCH3 is 1. The standard InChI is InChI=1S/C12H17N3O3S/c1-3-15(8-4-7-13)19(16,17)12-6-5-10(18-2)9-11(12)14/h5-6,9H,3-4,8,14H2,1-2H3. The average Bonchev–Trinajstić information content (AvgIpc) is 2.38. The number of hydrogen-bond donors (Lipinski definition) is 1. The minimum Gasteiger partial charge on any atom is -0.497 e. The normalized spacial score (nSPS) is 11.3.